The molecule has 8 heteroatoms. The van der Waals surface area contributed by atoms with Gasteiger partial charge >= 0.3 is 0 Å². The summed E-state index contributed by atoms with van der Waals surface area (Å²) in [7, 11) is 1.63. The number of benzene rings is 3. The van der Waals surface area contributed by atoms with Gasteiger partial charge in [0.15, 0.2) is 11.5 Å². The van der Waals surface area contributed by atoms with E-state index in [1.165, 1.54) is 6.33 Å². The maximum absolute atomic E-state index is 10.3. The van der Waals surface area contributed by atoms with Crippen LogP contribution in [0.15, 0.2) is 73.1 Å². The van der Waals surface area contributed by atoms with E-state index in [9.17, 15) is 10.2 Å². The molecular formula is C25H18N4O4. The van der Waals surface area contributed by atoms with Crippen molar-refractivity contribution in [3.05, 3.63) is 89.7 Å². The first kappa shape index (κ1) is 19.1. The number of hydrogen-bond acceptors (Lipinski definition) is 7. The third kappa shape index (κ3) is 2.95. The van der Waals surface area contributed by atoms with Gasteiger partial charge in [-0.25, -0.2) is 14.5 Å². The molecule has 2 N–H and O–H groups in total. The number of fused-ring (bicyclic) bond motifs is 4. The maximum atomic E-state index is 10.3. The van der Waals surface area contributed by atoms with Crippen molar-refractivity contribution in [2.45, 2.75) is 5.92 Å². The van der Waals surface area contributed by atoms with E-state index in [-0.39, 0.29) is 17.4 Å². The van der Waals surface area contributed by atoms with Crippen LogP contribution in [-0.4, -0.2) is 36.9 Å². The van der Waals surface area contributed by atoms with Crippen LogP contribution in [0, 0.1) is 0 Å². The van der Waals surface area contributed by atoms with E-state index in [1.54, 1.807) is 42.0 Å². The Kier molecular flexibility index (Phi) is 4.19. The molecule has 2 aromatic heterocycles. The molecule has 0 saturated carbocycles. The van der Waals surface area contributed by atoms with Crippen LogP contribution in [0.1, 0.15) is 22.6 Å². The fraction of sp³-hybridized carbons (Fsp3) is 0.0800. The molecule has 0 unspecified atom stereocenters. The highest BCUT2D eigenvalue weighted by Crippen LogP contribution is 2.50. The number of nitrogens with zero attached hydrogens (tertiary/aromatic N) is 4. The number of methoxy groups -OCH3 is 1. The van der Waals surface area contributed by atoms with Crippen LogP contribution in [-0.2, 0) is 0 Å². The molecule has 0 spiro atoms. The Hall–Kier alpha value is -4.59. The largest absolute Gasteiger partial charge is 0.508 e. The quantitative estimate of drug-likeness (QED) is 0.419. The van der Waals surface area contributed by atoms with Crippen molar-refractivity contribution in [3.8, 4) is 40.3 Å². The van der Waals surface area contributed by atoms with Gasteiger partial charge in [0.05, 0.1) is 24.2 Å². The lowest BCUT2D eigenvalue weighted by Crippen LogP contribution is -2.15. The van der Waals surface area contributed by atoms with Gasteiger partial charge in [0.2, 0.25) is 5.88 Å². The zero-order valence-electron chi connectivity index (χ0n) is 17.5. The SMILES string of the molecule is COc1ccccc1[C@@H]1c2ccc(O)cc2Oc2ncn3nc(-c4ccccc4O)nc3c21. The Morgan fingerprint density at radius 2 is 1.79 bits per heavy atom. The van der Waals surface area contributed by atoms with Gasteiger partial charge in [-0.05, 0) is 24.3 Å². The normalized spacial score (nSPS) is 14.4. The Balaban J connectivity index is 1.65. The molecule has 0 aliphatic carbocycles. The highest BCUT2D eigenvalue weighted by Gasteiger charge is 2.35. The molecule has 8 nitrogen and oxygen atoms in total. The van der Waals surface area contributed by atoms with Crippen LogP contribution >= 0.6 is 0 Å². The summed E-state index contributed by atoms with van der Waals surface area (Å²) in [6.45, 7) is 0. The van der Waals surface area contributed by atoms with Crippen molar-refractivity contribution in [2.75, 3.05) is 7.11 Å². The molecule has 0 bridgehead atoms. The predicted molar refractivity (Wildman–Crippen MR) is 120 cm³/mol. The van der Waals surface area contributed by atoms with Gasteiger partial charge in [-0.2, -0.15) is 0 Å². The highest BCUT2D eigenvalue weighted by atomic mass is 16.5. The molecule has 3 aromatic carbocycles. The van der Waals surface area contributed by atoms with Gasteiger partial charge in [-0.1, -0.05) is 36.4 Å². The number of phenols is 2. The Bertz CT molecular complexity index is 1530. The first-order chi connectivity index (χ1) is 16.1. The van der Waals surface area contributed by atoms with Crippen molar-refractivity contribution >= 4 is 5.65 Å². The second-order valence-electron chi connectivity index (χ2n) is 7.68. The van der Waals surface area contributed by atoms with E-state index in [0.29, 0.717) is 34.4 Å². The molecule has 0 fully saturated rings. The summed E-state index contributed by atoms with van der Waals surface area (Å²) < 4.78 is 13.3. The van der Waals surface area contributed by atoms with Crippen molar-refractivity contribution in [2.24, 2.45) is 0 Å². The summed E-state index contributed by atoms with van der Waals surface area (Å²) in [4.78, 5) is 9.25. The number of ether oxygens (including phenoxy) is 2. The summed E-state index contributed by atoms with van der Waals surface area (Å²) in [6.07, 6.45) is 1.53. The monoisotopic (exact) mass is 438 g/mol. The topological polar surface area (TPSA) is 102 Å². The van der Waals surface area contributed by atoms with Crippen molar-refractivity contribution in [1.82, 2.24) is 19.6 Å². The fourth-order valence-corrected chi connectivity index (χ4v) is 4.31. The fourth-order valence-electron chi connectivity index (χ4n) is 4.31. The molecule has 0 saturated heterocycles. The second-order valence-corrected chi connectivity index (χ2v) is 7.68. The summed E-state index contributed by atoms with van der Waals surface area (Å²) >= 11 is 0. The van der Waals surface area contributed by atoms with Gasteiger partial charge < -0.3 is 19.7 Å². The van der Waals surface area contributed by atoms with Gasteiger partial charge in [0, 0.05) is 17.2 Å². The molecule has 0 radical (unpaired) electrons. The van der Waals surface area contributed by atoms with E-state index in [1.807, 2.05) is 36.4 Å². The van der Waals surface area contributed by atoms with E-state index >= 15 is 0 Å². The highest BCUT2D eigenvalue weighted by molar-refractivity contribution is 5.71. The smallest absolute Gasteiger partial charge is 0.228 e. The number of aromatic nitrogens is 4. The first-order valence-corrected chi connectivity index (χ1v) is 10.3. The standard InChI is InChI=1S/C25H18N4O4/c1-32-19-9-5-3-7-16(19)21-17-11-10-14(30)12-20(17)33-25-22(21)24-27-23(28-29(24)13-26-25)15-6-2-4-8-18(15)31/h2-13,21,30-31H,1H3/t21-/m1/s1. The average Bonchev–Trinajstić information content (AvgIpc) is 3.27. The Labute approximate surface area is 188 Å². The van der Waals surface area contributed by atoms with Crippen LogP contribution in [0.4, 0.5) is 0 Å². The minimum atomic E-state index is -0.335. The van der Waals surface area contributed by atoms with Gasteiger partial charge in [-0.3, -0.25) is 0 Å². The number of aromatic hydroxyl groups is 2. The lowest BCUT2D eigenvalue weighted by molar-refractivity contribution is 0.401. The van der Waals surface area contributed by atoms with Crippen LogP contribution in [0.3, 0.4) is 0 Å². The molecule has 3 heterocycles. The predicted octanol–water partition coefficient (Wildman–Crippen LogP) is 4.50. The summed E-state index contributed by atoms with van der Waals surface area (Å²) in [5.74, 6) is 1.81. The molecule has 33 heavy (non-hydrogen) atoms. The molecule has 6 rings (SSSR count). The van der Waals surface area contributed by atoms with Crippen molar-refractivity contribution < 1.29 is 19.7 Å². The lowest BCUT2D eigenvalue weighted by atomic mass is 9.83. The lowest BCUT2D eigenvalue weighted by Gasteiger charge is -2.28. The molecule has 0 amide bonds. The summed E-state index contributed by atoms with van der Waals surface area (Å²) in [5.41, 5.74) is 3.53. The molecule has 5 aromatic rings. The van der Waals surface area contributed by atoms with E-state index in [0.717, 1.165) is 16.7 Å². The molecule has 1 aliphatic heterocycles. The Morgan fingerprint density at radius 1 is 0.970 bits per heavy atom. The van der Waals surface area contributed by atoms with E-state index < -0.39 is 0 Å². The first-order valence-electron chi connectivity index (χ1n) is 10.3. The van der Waals surface area contributed by atoms with Crippen LogP contribution in [0.2, 0.25) is 0 Å². The van der Waals surface area contributed by atoms with E-state index in [2.05, 4.69) is 10.1 Å². The Morgan fingerprint density at radius 3 is 2.64 bits per heavy atom. The zero-order valence-corrected chi connectivity index (χ0v) is 17.5. The molecule has 1 atom stereocenters. The second kappa shape index (κ2) is 7.23. The van der Waals surface area contributed by atoms with Crippen LogP contribution < -0.4 is 9.47 Å². The van der Waals surface area contributed by atoms with Crippen molar-refractivity contribution in [1.29, 1.82) is 0 Å². The average molecular weight is 438 g/mol. The maximum Gasteiger partial charge on any atom is 0.228 e. The van der Waals surface area contributed by atoms with Crippen molar-refractivity contribution in [3.63, 3.8) is 0 Å². The number of para-hydroxylation sites is 2. The van der Waals surface area contributed by atoms with Gasteiger partial charge in [0.25, 0.3) is 0 Å². The van der Waals surface area contributed by atoms with Gasteiger partial charge in [0.1, 0.15) is 29.3 Å². The summed E-state index contributed by atoms with van der Waals surface area (Å²) in [5, 5.41) is 24.9. The molecule has 162 valence electrons. The van der Waals surface area contributed by atoms with E-state index in [4.69, 9.17) is 14.5 Å². The summed E-state index contributed by atoms with van der Waals surface area (Å²) in [6, 6.07) is 19.7. The number of hydrogen-bond donors (Lipinski definition) is 2. The minimum Gasteiger partial charge on any atom is -0.508 e. The van der Waals surface area contributed by atoms with Gasteiger partial charge in [-0.15, -0.1) is 5.10 Å². The minimum absolute atomic E-state index is 0.0913. The number of rotatable bonds is 3. The molecular weight excluding hydrogens is 420 g/mol. The van der Waals surface area contributed by atoms with Crippen LogP contribution in [0.25, 0.3) is 17.0 Å². The zero-order chi connectivity index (χ0) is 22.5. The van der Waals surface area contributed by atoms with Crippen LogP contribution in [0.5, 0.6) is 28.9 Å². The third-order valence-electron chi connectivity index (χ3n) is 5.79. The third-order valence-corrected chi connectivity index (χ3v) is 5.79. The molecule has 1 aliphatic rings. The number of phenolic OH excluding ortho intramolecular Hbond substituents is 2.